The maximum atomic E-state index is 12.8. The van der Waals surface area contributed by atoms with Gasteiger partial charge in [0.15, 0.2) is 0 Å². The number of aryl methyl sites for hydroxylation is 1. The molecule has 2 aromatic carbocycles. The normalized spacial score (nSPS) is 12.2. The molecule has 3 aromatic rings. The van der Waals surface area contributed by atoms with E-state index >= 15 is 0 Å². The van der Waals surface area contributed by atoms with Gasteiger partial charge >= 0.3 is 0 Å². The van der Waals surface area contributed by atoms with Gasteiger partial charge in [-0.25, -0.2) is 4.98 Å². The van der Waals surface area contributed by atoms with E-state index in [1.165, 1.54) is 0 Å². The highest BCUT2D eigenvalue weighted by Gasteiger charge is 2.21. The largest absolute Gasteiger partial charge is 0.496 e. The highest BCUT2D eigenvalue weighted by atomic mass is 32.1. The number of carbonyl (C=O) groups excluding carboxylic acids is 1. The van der Waals surface area contributed by atoms with E-state index in [0.717, 1.165) is 32.1 Å². The molecule has 0 N–H and O–H groups in total. The van der Waals surface area contributed by atoms with Crippen LogP contribution in [-0.4, -0.2) is 29.9 Å². The lowest BCUT2D eigenvalue weighted by Gasteiger charge is -2.23. The fraction of sp³-hybridized carbons (Fsp3) is 0.300. The monoisotopic (exact) mass is 354 g/mol. The van der Waals surface area contributed by atoms with Crippen molar-refractivity contribution in [3.05, 3.63) is 58.6 Å². The summed E-state index contributed by atoms with van der Waals surface area (Å²) in [6, 6.07) is 13.9. The molecular formula is C20H22N2O2S. The zero-order valence-electron chi connectivity index (χ0n) is 14.9. The molecular weight excluding hydrogens is 332 g/mol. The van der Waals surface area contributed by atoms with E-state index in [0.29, 0.717) is 6.42 Å². The lowest BCUT2D eigenvalue weighted by atomic mass is 10.1. The average molecular weight is 354 g/mol. The van der Waals surface area contributed by atoms with E-state index in [4.69, 9.17) is 4.74 Å². The van der Waals surface area contributed by atoms with Gasteiger partial charge in [-0.15, -0.1) is 11.3 Å². The van der Waals surface area contributed by atoms with Gasteiger partial charge in [-0.2, -0.15) is 0 Å². The molecule has 0 bridgehead atoms. The predicted octanol–water partition coefficient (Wildman–Crippen LogP) is 4.38. The van der Waals surface area contributed by atoms with Crippen LogP contribution in [-0.2, 0) is 11.2 Å². The molecule has 3 rings (SSSR count). The Hall–Kier alpha value is -2.40. The SMILES string of the molecule is COc1ccc(C)cc1CC(=O)N(C)[C@@H](C)c1nc2ccccc2s1. The van der Waals surface area contributed by atoms with E-state index in [-0.39, 0.29) is 11.9 Å². The molecule has 0 aliphatic carbocycles. The summed E-state index contributed by atoms with van der Waals surface area (Å²) in [6.07, 6.45) is 0.316. The van der Waals surface area contributed by atoms with Crippen molar-refractivity contribution in [1.29, 1.82) is 0 Å². The molecule has 0 saturated heterocycles. The van der Waals surface area contributed by atoms with Crippen LogP contribution in [0.4, 0.5) is 0 Å². The minimum absolute atomic E-state index is 0.0515. The number of nitrogens with zero attached hydrogens (tertiary/aromatic N) is 2. The first-order chi connectivity index (χ1) is 12.0. The Labute approximate surface area is 152 Å². The molecule has 1 atom stereocenters. The van der Waals surface area contributed by atoms with Crippen molar-refractivity contribution in [2.24, 2.45) is 0 Å². The summed E-state index contributed by atoms with van der Waals surface area (Å²) >= 11 is 1.64. The van der Waals surface area contributed by atoms with Gasteiger partial charge in [-0.1, -0.05) is 29.8 Å². The number of amides is 1. The molecule has 5 heteroatoms. The van der Waals surface area contributed by atoms with Gasteiger partial charge in [0, 0.05) is 12.6 Å². The summed E-state index contributed by atoms with van der Waals surface area (Å²) in [4.78, 5) is 19.2. The third kappa shape index (κ3) is 3.66. The minimum Gasteiger partial charge on any atom is -0.496 e. The zero-order valence-corrected chi connectivity index (χ0v) is 15.8. The Balaban J connectivity index is 1.78. The number of fused-ring (bicyclic) bond motifs is 1. The maximum absolute atomic E-state index is 12.8. The third-order valence-corrected chi connectivity index (χ3v) is 5.63. The fourth-order valence-electron chi connectivity index (χ4n) is 2.78. The summed E-state index contributed by atoms with van der Waals surface area (Å²) in [5, 5.41) is 0.952. The number of thiazole rings is 1. The van der Waals surface area contributed by atoms with Crippen LogP contribution in [0.15, 0.2) is 42.5 Å². The second-order valence-electron chi connectivity index (χ2n) is 6.19. The Morgan fingerprint density at radius 1 is 1.28 bits per heavy atom. The van der Waals surface area contributed by atoms with Crippen LogP contribution in [0.5, 0.6) is 5.75 Å². The highest BCUT2D eigenvalue weighted by Crippen LogP contribution is 2.29. The Kier molecular flexibility index (Phi) is 5.04. The zero-order chi connectivity index (χ0) is 18.0. The van der Waals surface area contributed by atoms with Gasteiger partial charge in [0.1, 0.15) is 10.8 Å². The molecule has 0 fully saturated rings. The van der Waals surface area contributed by atoms with Crippen LogP contribution in [0.3, 0.4) is 0 Å². The maximum Gasteiger partial charge on any atom is 0.227 e. The van der Waals surface area contributed by atoms with Crippen LogP contribution in [0.2, 0.25) is 0 Å². The molecule has 1 amide bonds. The molecule has 4 nitrogen and oxygen atoms in total. The van der Waals surface area contributed by atoms with Crippen LogP contribution in [0.25, 0.3) is 10.2 Å². The number of methoxy groups -OCH3 is 1. The highest BCUT2D eigenvalue weighted by molar-refractivity contribution is 7.18. The molecule has 25 heavy (non-hydrogen) atoms. The standard InChI is InChI=1S/C20H22N2O2S/c1-13-9-10-17(24-4)15(11-13)12-19(23)22(3)14(2)20-21-16-7-5-6-8-18(16)25-20/h5-11,14H,12H2,1-4H3/t14-/m0/s1. The van der Waals surface area contributed by atoms with Crippen molar-refractivity contribution >= 4 is 27.5 Å². The molecule has 0 radical (unpaired) electrons. The average Bonchev–Trinajstić information content (AvgIpc) is 3.04. The van der Waals surface area contributed by atoms with E-state index < -0.39 is 0 Å². The van der Waals surface area contributed by atoms with Crippen LogP contribution < -0.4 is 4.74 Å². The van der Waals surface area contributed by atoms with Crippen LogP contribution in [0.1, 0.15) is 29.1 Å². The first kappa shape index (κ1) is 17.4. The Morgan fingerprint density at radius 3 is 2.76 bits per heavy atom. The van der Waals surface area contributed by atoms with Gasteiger partial charge in [0.25, 0.3) is 0 Å². The lowest BCUT2D eigenvalue weighted by Crippen LogP contribution is -2.31. The van der Waals surface area contributed by atoms with Crippen molar-refractivity contribution in [1.82, 2.24) is 9.88 Å². The summed E-state index contributed by atoms with van der Waals surface area (Å²) < 4.78 is 6.53. The Bertz CT molecular complexity index is 871. The quantitative estimate of drug-likeness (QED) is 0.683. The predicted molar refractivity (Wildman–Crippen MR) is 102 cm³/mol. The van der Waals surface area contributed by atoms with Gasteiger partial charge in [0.2, 0.25) is 5.91 Å². The van der Waals surface area contributed by atoms with E-state index in [9.17, 15) is 4.79 Å². The van der Waals surface area contributed by atoms with Crippen LogP contribution >= 0.6 is 11.3 Å². The molecule has 1 aromatic heterocycles. The van der Waals surface area contributed by atoms with Crippen molar-refractivity contribution in [3.8, 4) is 5.75 Å². The third-order valence-electron chi connectivity index (χ3n) is 4.42. The number of ether oxygens (including phenoxy) is 1. The van der Waals surface area contributed by atoms with Gasteiger partial charge in [0.05, 0.1) is 29.8 Å². The van der Waals surface area contributed by atoms with Crippen molar-refractivity contribution in [2.75, 3.05) is 14.2 Å². The van der Waals surface area contributed by atoms with Gasteiger partial charge in [-0.3, -0.25) is 4.79 Å². The number of likely N-dealkylation sites (N-methyl/N-ethyl adjacent to an activating group) is 1. The molecule has 0 aliphatic heterocycles. The molecule has 0 aliphatic rings. The van der Waals surface area contributed by atoms with Crippen molar-refractivity contribution in [3.63, 3.8) is 0 Å². The second-order valence-corrected chi connectivity index (χ2v) is 7.25. The summed E-state index contributed by atoms with van der Waals surface area (Å²) in [5.74, 6) is 0.802. The number of benzene rings is 2. The first-order valence-corrected chi connectivity index (χ1v) is 9.06. The smallest absolute Gasteiger partial charge is 0.227 e. The number of hydrogen-bond donors (Lipinski definition) is 0. The van der Waals surface area contributed by atoms with Crippen molar-refractivity contribution < 1.29 is 9.53 Å². The number of rotatable bonds is 5. The van der Waals surface area contributed by atoms with Crippen molar-refractivity contribution in [2.45, 2.75) is 26.3 Å². The van der Waals surface area contributed by atoms with Crippen LogP contribution in [0, 0.1) is 6.92 Å². The second kappa shape index (κ2) is 7.23. The van der Waals surface area contributed by atoms with Gasteiger partial charge in [-0.05, 0) is 32.0 Å². The summed E-state index contributed by atoms with van der Waals surface area (Å²) in [7, 11) is 3.47. The molecule has 0 saturated carbocycles. The van der Waals surface area contributed by atoms with E-state index in [1.807, 2.05) is 57.3 Å². The lowest BCUT2D eigenvalue weighted by molar-refractivity contribution is -0.131. The first-order valence-electron chi connectivity index (χ1n) is 8.24. The number of carbonyl (C=O) groups is 1. The summed E-state index contributed by atoms with van der Waals surface area (Å²) in [6.45, 7) is 4.03. The van der Waals surface area contributed by atoms with E-state index in [1.54, 1.807) is 23.3 Å². The van der Waals surface area contributed by atoms with E-state index in [2.05, 4.69) is 11.1 Å². The molecule has 0 spiro atoms. The summed E-state index contributed by atoms with van der Waals surface area (Å²) in [5.41, 5.74) is 3.01. The number of hydrogen-bond acceptors (Lipinski definition) is 4. The van der Waals surface area contributed by atoms with Gasteiger partial charge < -0.3 is 9.64 Å². The Morgan fingerprint density at radius 2 is 2.04 bits per heavy atom. The molecule has 1 heterocycles. The number of para-hydroxylation sites is 1. The molecule has 0 unspecified atom stereocenters. The molecule has 130 valence electrons. The minimum atomic E-state index is -0.0688. The number of aromatic nitrogens is 1. The topological polar surface area (TPSA) is 42.4 Å². The fourth-order valence-corrected chi connectivity index (χ4v) is 3.85.